The van der Waals surface area contributed by atoms with E-state index in [-0.39, 0.29) is 5.75 Å². The van der Waals surface area contributed by atoms with Crippen LogP contribution in [-0.4, -0.2) is 53.9 Å². The van der Waals surface area contributed by atoms with Gasteiger partial charge in [0.15, 0.2) is 11.0 Å². The number of hydrazine groups is 1. The molecule has 2 N–H and O–H groups in total. The summed E-state index contributed by atoms with van der Waals surface area (Å²) in [6, 6.07) is 3.43. The second-order valence-corrected chi connectivity index (χ2v) is 8.17. The smallest absolute Gasteiger partial charge is 0.322 e. The predicted molar refractivity (Wildman–Crippen MR) is 104 cm³/mol. The fourth-order valence-electron chi connectivity index (χ4n) is 3.04. The summed E-state index contributed by atoms with van der Waals surface area (Å²) in [5.41, 5.74) is 2.25. The lowest BCUT2D eigenvalue weighted by molar-refractivity contribution is -0.137. The van der Waals surface area contributed by atoms with Crippen molar-refractivity contribution in [2.75, 3.05) is 5.75 Å². The molecule has 10 nitrogen and oxygen atoms in total. The van der Waals surface area contributed by atoms with Gasteiger partial charge in [-0.15, -0.1) is 10.2 Å². The summed E-state index contributed by atoms with van der Waals surface area (Å²) in [6.07, 6.45) is 5.92. The SMILES string of the molecule is CC[C@@]1(C)NC(=O)N(NC(=O)CSc2nnc(-c3cccnc3)n2C2CC2)C1=O. The van der Waals surface area contributed by atoms with Crippen molar-refractivity contribution in [1.29, 1.82) is 0 Å². The molecule has 4 rings (SSSR count). The summed E-state index contributed by atoms with van der Waals surface area (Å²) < 4.78 is 2.02. The molecule has 3 heterocycles. The fraction of sp³-hybridized carbons (Fsp3) is 0.444. The van der Waals surface area contributed by atoms with Crippen LogP contribution >= 0.6 is 11.8 Å². The first-order valence-electron chi connectivity index (χ1n) is 9.37. The van der Waals surface area contributed by atoms with Gasteiger partial charge in [0, 0.05) is 24.0 Å². The van der Waals surface area contributed by atoms with Gasteiger partial charge in [0.2, 0.25) is 5.91 Å². The molecule has 29 heavy (non-hydrogen) atoms. The highest BCUT2D eigenvalue weighted by molar-refractivity contribution is 7.99. The average Bonchev–Trinajstić information content (AvgIpc) is 3.44. The molecule has 1 saturated heterocycles. The fourth-order valence-corrected chi connectivity index (χ4v) is 3.84. The normalized spacial score (nSPS) is 21.4. The van der Waals surface area contributed by atoms with Gasteiger partial charge in [0.1, 0.15) is 5.54 Å². The molecule has 1 atom stereocenters. The number of urea groups is 1. The Morgan fingerprint density at radius 2 is 2.17 bits per heavy atom. The molecule has 11 heteroatoms. The van der Waals surface area contributed by atoms with Crippen LogP contribution in [0.15, 0.2) is 29.7 Å². The van der Waals surface area contributed by atoms with Crippen molar-refractivity contribution in [2.45, 2.75) is 49.8 Å². The van der Waals surface area contributed by atoms with Crippen molar-refractivity contribution in [3.05, 3.63) is 24.5 Å². The molecule has 0 aromatic carbocycles. The molecule has 2 aromatic heterocycles. The molecule has 1 saturated carbocycles. The maximum Gasteiger partial charge on any atom is 0.344 e. The number of amides is 4. The number of nitrogens with one attached hydrogen (secondary N) is 2. The molecule has 0 unspecified atom stereocenters. The Kier molecular flexibility index (Phi) is 4.99. The van der Waals surface area contributed by atoms with Gasteiger partial charge in [0.05, 0.1) is 5.75 Å². The Morgan fingerprint density at radius 3 is 2.79 bits per heavy atom. The Hall–Kier alpha value is -2.95. The Bertz CT molecular complexity index is 960. The summed E-state index contributed by atoms with van der Waals surface area (Å²) in [4.78, 5) is 40.9. The lowest BCUT2D eigenvalue weighted by Gasteiger charge is -2.19. The largest absolute Gasteiger partial charge is 0.344 e. The van der Waals surface area contributed by atoms with Crippen LogP contribution < -0.4 is 10.7 Å². The van der Waals surface area contributed by atoms with Crippen LogP contribution in [0.3, 0.4) is 0 Å². The Morgan fingerprint density at radius 1 is 1.38 bits per heavy atom. The van der Waals surface area contributed by atoms with Gasteiger partial charge in [-0.1, -0.05) is 18.7 Å². The number of hydrogen-bond donors (Lipinski definition) is 2. The van der Waals surface area contributed by atoms with Gasteiger partial charge in [-0.2, -0.15) is 5.01 Å². The van der Waals surface area contributed by atoms with E-state index in [1.54, 1.807) is 26.2 Å². The molecule has 0 radical (unpaired) electrons. The van der Waals surface area contributed by atoms with Crippen LogP contribution in [0, 0.1) is 0 Å². The zero-order chi connectivity index (χ0) is 20.6. The number of thioether (sulfide) groups is 1. The van der Waals surface area contributed by atoms with Gasteiger partial charge in [-0.05, 0) is 38.3 Å². The highest BCUT2D eigenvalue weighted by Crippen LogP contribution is 2.40. The van der Waals surface area contributed by atoms with E-state index >= 15 is 0 Å². The maximum atomic E-state index is 12.4. The number of pyridine rings is 1. The van der Waals surface area contributed by atoms with Gasteiger partial charge in [-0.3, -0.25) is 24.6 Å². The topological polar surface area (TPSA) is 122 Å². The number of carbonyl (C=O) groups is 3. The quantitative estimate of drug-likeness (QED) is 0.519. The molecule has 2 aliphatic rings. The van der Waals surface area contributed by atoms with E-state index in [0.717, 1.165) is 29.2 Å². The third-order valence-corrected chi connectivity index (χ3v) is 5.98. The molecule has 0 bridgehead atoms. The molecule has 4 amide bonds. The van der Waals surface area contributed by atoms with E-state index in [9.17, 15) is 14.4 Å². The molecular formula is C18H21N7O3S. The van der Waals surface area contributed by atoms with Crippen LogP contribution in [-0.2, 0) is 9.59 Å². The lowest BCUT2D eigenvalue weighted by atomic mass is 10.00. The predicted octanol–water partition coefficient (Wildman–Crippen LogP) is 1.52. The third kappa shape index (κ3) is 3.69. The molecule has 2 fully saturated rings. The van der Waals surface area contributed by atoms with Crippen LogP contribution in [0.2, 0.25) is 0 Å². The standard InChI is InChI=1S/C18H21N7O3S/c1-3-18(2)15(27)25(16(28)20-18)23-13(26)10-29-17-22-21-14(24(17)12-6-7-12)11-5-4-8-19-9-11/h4-5,8-9,12H,3,6-7,10H2,1-2H3,(H,20,28)(H,23,26)/t18-/m1/s1. The zero-order valence-electron chi connectivity index (χ0n) is 16.1. The lowest BCUT2D eigenvalue weighted by Crippen LogP contribution is -2.49. The summed E-state index contributed by atoms with van der Waals surface area (Å²) >= 11 is 1.22. The van der Waals surface area contributed by atoms with E-state index < -0.39 is 23.4 Å². The molecule has 0 spiro atoms. The summed E-state index contributed by atoms with van der Waals surface area (Å²) in [5.74, 6) is -0.218. The minimum atomic E-state index is -0.998. The van der Waals surface area contributed by atoms with Crippen molar-refractivity contribution in [1.82, 2.24) is 35.5 Å². The van der Waals surface area contributed by atoms with Crippen molar-refractivity contribution < 1.29 is 14.4 Å². The van der Waals surface area contributed by atoms with Gasteiger partial charge in [-0.25, -0.2) is 4.79 Å². The Labute approximate surface area is 171 Å². The number of rotatable bonds is 7. The van der Waals surface area contributed by atoms with Gasteiger partial charge >= 0.3 is 6.03 Å². The molecule has 1 aliphatic carbocycles. The minimum Gasteiger partial charge on any atom is -0.322 e. The number of nitrogens with zero attached hydrogens (tertiary/aromatic N) is 5. The summed E-state index contributed by atoms with van der Waals surface area (Å²) in [7, 11) is 0. The van der Waals surface area contributed by atoms with Crippen LogP contribution in [0.4, 0.5) is 4.79 Å². The first kappa shape index (κ1) is 19.4. The van der Waals surface area contributed by atoms with Crippen LogP contribution in [0.25, 0.3) is 11.4 Å². The first-order valence-corrected chi connectivity index (χ1v) is 10.4. The van der Waals surface area contributed by atoms with Gasteiger partial charge in [0.25, 0.3) is 5.91 Å². The maximum absolute atomic E-state index is 12.4. The van der Waals surface area contributed by atoms with E-state index in [1.165, 1.54) is 11.8 Å². The van der Waals surface area contributed by atoms with Crippen LogP contribution in [0.5, 0.6) is 0 Å². The van der Waals surface area contributed by atoms with E-state index in [0.29, 0.717) is 17.6 Å². The monoisotopic (exact) mass is 415 g/mol. The second kappa shape index (κ2) is 7.47. The highest BCUT2D eigenvalue weighted by atomic mass is 32.2. The Balaban J connectivity index is 1.43. The van der Waals surface area contributed by atoms with Crippen LogP contribution in [0.1, 0.15) is 39.2 Å². The van der Waals surface area contributed by atoms with Gasteiger partial charge < -0.3 is 5.32 Å². The van der Waals surface area contributed by atoms with Crippen molar-refractivity contribution >= 4 is 29.6 Å². The van der Waals surface area contributed by atoms with Crippen molar-refractivity contribution in [2.24, 2.45) is 0 Å². The average molecular weight is 415 g/mol. The minimum absolute atomic E-state index is 0.00219. The zero-order valence-corrected chi connectivity index (χ0v) is 16.9. The molecule has 152 valence electrons. The van der Waals surface area contributed by atoms with E-state index in [1.807, 2.05) is 16.7 Å². The second-order valence-electron chi connectivity index (χ2n) is 7.23. The molecular weight excluding hydrogens is 394 g/mol. The summed E-state index contributed by atoms with van der Waals surface area (Å²) in [6.45, 7) is 3.43. The third-order valence-electron chi connectivity index (χ3n) is 5.03. The number of aromatic nitrogens is 4. The molecule has 2 aromatic rings. The van der Waals surface area contributed by atoms with E-state index in [4.69, 9.17) is 0 Å². The molecule has 1 aliphatic heterocycles. The number of carbonyl (C=O) groups excluding carboxylic acids is 3. The number of hydrogen-bond acceptors (Lipinski definition) is 7. The number of imide groups is 1. The summed E-state index contributed by atoms with van der Waals surface area (Å²) in [5, 5.41) is 12.5. The van der Waals surface area contributed by atoms with Crippen molar-refractivity contribution in [3.8, 4) is 11.4 Å². The van der Waals surface area contributed by atoms with E-state index in [2.05, 4.69) is 25.9 Å². The highest BCUT2D eigenvalue weighted by Gasteiger charge is 2.47. The first-order chi connectivity index (χ1) is 13.9. The van der Waals surface area contributed by atoms with Crippen molar-refractivity contribution in [3.63, 3.8) is 0 Å².